The van der Waals surface area contributed by atoms with E-state index in [2.05, 4.69) is 20.5 Å². The molecule has 0 saturated heterocycles. The van der Waals surface area contributed by atoms with E-state index in [4.69, 9.17) is 0 Å². The van der Waals surface area contributed by atoms with Crippen molar-refractivity contribution in [3.63, 3.8) is 0 Å². The molecular weight excluding hydrogens is 452 g/mol. The Morgan fingerprint density at radius 3 is 2.41 bits per heavy atom. The van der Waals surface area contributed by atoms with E-state index >= 15 is 0 Å². The quantitative estimate of drug-likeness (QED) is 0.378. The number of carbonyl (C=O) groups is 1. The summed E-state index contributed by atoms with van der Waals surface area (Å²) >= 11 is 0. The molecule has 1 N–H and O–H groups in total. The van der Waals surface area contributed by atoms with E-state index in [0.29, 0.717) is 18.4 Å². The normalized spacial score (nSPS) is 11.7. The van der Waals surface area contributed by atoms with E-state index in [1.165, 1.54) is 6.92 Å². The van der Waals surface area contributed by atoms with Crippen molar-refractivity contribution in [3.8, 4) is 0 Å². The largest absolute Gasteiger partial charge is 0.308 e. The Hall–Kier alpha value is -3.76. The number of rotatable bonds is 7. The lowest BCUT2D eigenvalue weighted by molar-refractivity contribution is -0.116. The highest BCUT2D eigenvalue weighted by Gasteiger charge is 2.24. The number of carbonyl (C=O) groups excluding carboxylic acids is 1. The molecule has 0 unspecified atom stereocenters. The lowest BCUT2D eigenvalue weighted by Crippen LogP contribution is -2.20. The second-order valence-corrected chi connectivity index (χ2v) is 7.98. The fourth-order valence-corrected chi connectivity index (χ4v) is 3.80. The number of nitrogens with one attached hydrogen (secondary N) is 1. The number of halogens is 4. The van der Waals surface area contributed by atoms with Crippen molar-refractivity contribution in [2.24, 2.45) is 0 Å². The summed E-state index contributed by atoms with van der Waals surface area (Å²) in [5.41, 5.74) is 1.61. The van der Waals surface area contributed by atoms with Gasteiger partial charge in [-0.3, -0.25) is 9.48 Å². The monoisotopic (exact) mass is 474 g/mol. The second kappa shape index (κ2) is 9.24. The van der Waals surface area contributed by atoms with Crippen molar-refractivity contribution in [2.45, 2.75) is 46.7 Å². The molecule has 4 rings (SSSR count). The maximum absolute atomic E-state index is 13.5. The zero-order valence-electron chi connectivity index (χ0n) is 18.7. The second-order valence-electron chi connectivity index (χ2n) is 7.98. The molecule has 178 valence electrons. The lowest BCUT2D eigenvalue weighted by atomic mass is 10.1. The van der Waals surface area contributed by atoms with Crippen LogP contribution in [0.1, 0.15) is 46.6 Å². The van der Waals surface area contributed by atoms with Crippen LogP contribution in [0.15, 0.2) is 36.4 Å². The molecule has 0 bridgehead atoms. The van der Waals surface area contributed by atoms with Crippen LogP contribution in [0.5, 0.6) is 0 Å². The van der Waals surface area contributed by atoms with E-state index in [-0.39, 0.29) is 16.7 Å². The highest BCUT2D eigenvalue weighted by Crippen LogP contribution is 2.32. The standard InChI is InChI=1S/C23H22F4N6O/c1-12-6-4-5-7-15(12)10-32-13(2)8-18(31-32)29-19(34)11-33-23-20(14(3)30-33)16(21(24)25)9-17(28-23)22(26)27/h4-9,21-22H,10-11H2,1-3H3,(H,29,31,34). The van der Waals surface area contributed by atoms with Gasteiger partial charge < -0.3 is 5.32 Å². The average molecular weight is 474 g/mol. The number of alkyl halides is 4. The fourth-order valence-electron chi connectivity index (χ4n) is 3.80. The van der Waals surface area contributed by atoms with Crippen LogP contribution in [-0.2, 0) is 17.9 Å². The zero-order chi connectivity index (χ0) is 24.6. The molecule has 0 atom stereocenters. The third-order valence-electron chi connectivity index (χ3n) is 5.51. The minimum atomic E-state index is -3.04. The van der Waals surface area contributed by atoms with Crippen molar-refractivity contribution < 1.29 is 22.4 Å². The predicted octanol–water partition coefficient (Wildman–Crippen LogP) is 5.12. The molecule has 0 saturated carbocycles. The van der Waals surface area contributed by atoms with Crippen LogP contribution >= 0.6 is 0 Å². The van der Waals surface area contributed by atoms with Gasteiger partial charge in [-0.2, -0.15) is 10.2 Å². The van der Waals surface area contributed by atoms with Gasteiger partial charge in [-0.05, 0) is 38.0 Å². The Bertz CT molecular complexity index is 1360. The maximum atomic E-state index is 13.5. The summed E-state index contributed by atoms with van der Waals surface area (Å²) in [6, 6.07) is 10.3. The Labute approximate surface area is 192 Å². The van der Waals surface area contributed by atoms with Gasteiger partial charge in [0.25, 0.3) is 12.9 Å². The first-order valence-corrected chi connectivity index (χ1v) is 10.5. The van der Waals surface area contributed by atoms with Gasteiger partial charge in [-0.15, -0.1) is 0 Å². The van der Waals surface area contributed by atoms with Crippen molar-refractivity contribution in [1.82, 2.24) is 24.5 Å². The van der Waals surface area contributed by atoms with Gasteiger partial charge in [0.15, 0.2) is 11.5 Å². The Morgan fingerprint density at radius 2 is 1.74 bits per heavy atom. The number of hydrogen-bond donors (Lipinski definition) is 1. The van der Waals surface area contributed by atoms with Crippen LogP contribution in [0.3, 0.4) is 0 Å². The first kappa shape index (κ1) is 23.4. The number of aryl methyl sites for hydroxylation is 3. The van der Waals surface area contributed by atoms with Crippen LogP contribution in [0.4, 0.5) is 23.4 Å². The van der Waals surface area contributed by atoms with Crippen molar-refractivity contribution >= 4 is 22.8 Å². The van der Waals surface area contributed by atoms with Crippen molar-refractivity contribution in [1.29, 1.82) is 0 Å². The van der Waals surface area contributed by atoms with Crippen LogP contribution in [0.25, 0.3) is 11.0 Å². The van der Waals surface area contributed by atoms with Crippen LogP contribution in [0.2, 0.25) is 0 Å². The fraction of sp³-hybridized carbons (Fsp3) is 0.304. The molecule has 7 nitrogen and oxygen atoms in total. The van der Waals surface area contributed by atoms with Crippen molar-refractivity contribution in [3.05, 3.63) is 70.2 Å². The van der Waals surface area contributed by atoms with Gasteiger partial charge in [-0.25, -0.2) is 27.2 Å². The number of amides is 1. The molecule has 34 heavy (non-hydrogen) atoms. The molecule has 3 heterocycles. The van der Waals surface area contributed by atoms with Gasteiger partial charge >= 0.3 is 0 Å². The Morgan fingerprint density at radius 1 is 1.00 bits per heavy atom. The molecule has 0 aliphatic heterocycles. The van der Waals surface area contributed by atoms with Crippen LogP contribution in [-0.4, -0.2) is 30.5 Å². The van der Waals surface area contributed by atoms with Crippen LogP contribution < -0.4 is 5.32 Å². The number of pyridine rings is 1. The number of aromatic nitrogens is 5. The third-order valence-corrected chi connectivity index (χ3v) is 5.51. The lowest BCUT2D eigenvalue weighted by Gasteiger charge is -2.08. The average Bonchev–Trinajstić information content (AvgIpc) is 3.27. The number of hydrogen-bond acceptors (Lipinski definition) is 4. The molecule has 11 heteroatoms. The van der Waals surface area contributed by atoms with E-state index in [1.54, 1.807) is 10.7 Å². The summed E-state index contributed by atoms with van der Waals surface area (Å²) in [7, 11) is 0. The number of benzene rings is 1. The number of fused-ring (bicyclic) bond motifs is 1. The minimum Gasteiger partial charge on any atom is -0.308 e. The van der Waals surface area contributed by atoms with E-state index in [9.17, 15) is 22.4 Å². The number of anilines is 1. The van der Waals surface area contributed by atoms with Gasteiger partial charge in [0, 0.05) is 17.3 Å². The van der Waals surface area contributed by atoms with E-state index in [0.717, 1.165) is 21.5 Å². The first-order chi connectivity index (χ1) is 16.1. The third kappa shape index (κ3) is 4.63. The molecular formula is C23H22F4N6O. The summed E-state index contributed by atoms with van der Waals surface area (Å²) in [6.45, 7) is 5.43. The summed E-state index contributed by atoms with van der Waals surface area (Å²) in [6.07, 6.45) is -6.03. The molecule has 0 radical (unpaired) electrons. The Kier molecular flexibility index (Phi) is 6.36. The molecule has 0 aliphatic carbocycles. The highest BCUT2D eigenvalue weighted by molar-refractivity contribution is 5.91. The smallest absolute Gasteiger partial charge is 0.280 e. The Balaban J connectivity index is 1.57. The summed E-state index contributed by atoms with van der Waals surface area (Å²) in [5, 5.41) is 11.1. The summed E-state index contributed by atoms with van der Waals surface area (Å²) < 4.78 is 56.2. The van der Waals surface area contributed by atoms with E-state index < -0.39 is 36.6 Å². The van der Waals surface area contributed by atoms with Gasteiger partial charge in [0.2, 0.25) is 5.91 Å². The molecule has 1 amide bonds. The molecule has 3 aromatic heterocycles. The minimum absolute atomic E-state index is 0.0365. The van der Waals surface area contributed by atoms with Gasteiger partial charge in [0.1, 0.15) is 12.2 Å². The first-order valence-electron chi connectivity index (χ1n) is 10.5. The summed E-state index contributed by atoms with van der Waals surface area (Å²) in [4.78, 5) is 16.4. The molecule has 0 spiro atoms. The topological polar surface area (TPSA) is 77.6 Å². The van der Waals surface area contributed by atoms with Crippen LogP contribution in [0, 0.1) is 20.8 Å². The van der Waals surface area contributed by atoms with Gasteiger partial charge in [0.05, 0.1) is 17.6 Å². The van der Waals surface area contributed by atoms with Gasteiger partial charge in [-0.1, -0.05) is 24.3 Å². The zero-order valence-corrected chi connectivity index (χ0v) is 18.7. The predicted molar refractivity (Wildman–Crippen MR) is 118 cm³/mol. The maximum Gasteiger partial charge on any atom is 0.280 e. The van der Waals surface area contributed by atoms with Crippen molar-refractivity contribution in [2.75, 3.05) is 5.32 Å². The SMILES string of the molecule is Cc1ccccc1Cn1nc(NC(=O)Cn2nc(C)c3c(C(F)F)cc(C(F)F)nc32)cc1C. The molecule has 1 aromatic carbocycles. The molecule has 0 aliphatic rings. The van der Waals surface area contributed by atoms with E-state index in [1.807, 2.05) is 38.1 Å². The molecule has 0 fully saturated rings. The number of nitrogens with zero attached hydrogens (tertiary/aromatic N) is 5. The highest BCUT2D eigenvalue weighted by atomic mass is 19.3. The summed E-state index contributed by atoms with van der Waals surface area (Å²) in [5.74, 6) is -0.244. The molecule has 4 aromatic rings.